The van der Waals surface area contributed by atoms with Crippen LogP contribution in [0.1, 0.15) is 29.3 Å². The lowest BCUT2D eigenvalue weighted by Gasteiger charge is -2.12. The van der Waals surface area contributed by atoms with Gasteiger partial charge in [0.15, 0.2) is 17.3 Å². The van der Waals surface area contributed by atoms with Gasteiger partial charge in [0, 0.05) is 18.4 Å². The molecule has 0 saturated heterocycles. The zero-order valence-corrected chi connectivity index (χ0v) is 17.3. The van der Waals surface area contributed by atoms with Gasteiger partial charge in [0.1, 0.15) is 11.6 Å². The number of methoxy groups -OCH3 is 2. The Balaban J connectivity index is 2.29. The quantitative estimate of drug-likeness (QED) is 0.500. The molecule has 0 amide bonds. The lowest BCUT2D eigenvalue weighted by Crippen LogP contribution is -2.03. The predicted molar refractivity (Wildman–Crippen MR) is 107 cm³/mol. The SMILES string of the molecule is CCOc1cc(/C=N\Nc2nc(C)cc(COC)c2C#N)cc(Br)c1OC. The van der Waals surface area contributed by atoms with E-state index >= 15 is 0 Å². The second-order valence-electron chi connectivity index (χ2n) is 5.53. The molecule has 0 fully saturated rings. The number of aromatic nitrogens is 1. The average Bonchev–Trinajstić information content (AvgIpc) is 2.62. The third-order valence-electron chi connectivity index (χ3n) is 3.56. The van der Waals surface area contributed by atoms with Crippen LogP contribution in [-0.4, -0.2) is 32.0 Å². The Hall–Kier alpha value is -2.63. The molecule has 1 aromatic carbocycles. The van der Waals surface area contributed by atoms with Crippen LogP contribution in [0.2, 0.25) is 0 Å². The molecule has 0 aliphatic carbocycles. The van der Waals surface area contributed by atoms with Crippen LogP contribution in [0.25, 0.3) is 0 Å². The Kier molecular flexibility index (Phi) is 7.58. The smallest absolute Gasteiger partial charge is 0.174 e. The van der Waals surface area contributed by atoms with E-state index in [4.69, 9.17) is 14.2 Å². The number of pyridine rings is 1. The van der Waals surface area contributed by atoms with E-state index in [2.05, 4.69) is 37.5 Å². The summed E-state index contributed by atoms with van der Waals surface area (Å²) in [5, 5.41) is 13.7. The molecule has 7 nitrogen and oxygen atoms in total. The number of halogens is 1. The Morgan fingerprint density at radius 1 is 1.33 bits per heavy atom. The summed E-state index contributed by atoms with van der Waals surface area (Å²) in [6.07, 6.45) is 1.62. The molecule has 2 rings (SSSR count). The summed E-state index contributed by atoms with van der Waals surface area (Å²) in [5.74, 6) is 1.63. The fourth-order valence-electron chi connectivity index (χ4n) is 2.51. The van der Waals surface area contributed by atoms with Crippen LogP contribution in [0.15, 0.2) is 27.8 Å². The first-order valence-corrected chi connectivity index (χ1v) is 9.02. The standard InChI is InChI=1S/C19H21BrN4O3/c1-5-27-17-8-13(7-16(20)18(17)26-4)10-22-24-19-15(9-21)14(11-25-3)6-12(2)23-19/h6-8,10H,5,11H2,1-4H3,(H,23,24)/b22-10-. The van der Waals surface area contributed by atoms with E-state index in [-0.39, 0.29) is 0 Å². The lowest BCUT2D eigenvalue weighted by molar-refractivity contribution is 0.184. The number of rotatable bonds is 8. The number of anilines is 1. The van der Waals surface area contributed by atoms with E-state index in [1.807, 2.05) is 32.0 Å². The summed E-state index contributed by atoms with van der Waals surface area (Å²) in [6.45, 7) is 4.60. The van der Waals surface area contributed by atoms with Crippen molar-refractivity contribution in [3.05, 3.63) is 45.1 Å². The molecule has 142 valence electrons. The van der Waals surface area contributed by atoms with Gasteiger partial charge in [-0.3, -0.25) is 5.43 Å². The van der Waals surface area contributed by atoms with Gasteiger partial charge in [-0.15, -0.1) is 0 Å². The van der Waals surface area contributed by atoms with Gasteiger partial charge >= 0.3 is 0 Å². The summed E-state index contributed by atoms with van der Waals surface area (Å²) in [5.41, 5.74) is 5.57. The van der Waals surface area contributed by atoms with Crippen molar-refractivity contribution in [2.75, 3.05) is 26.3 Å². The maximum Gasteiger partial charge on any atom is 0.174 e. The number of nitrogens with zero attached hydrogens (tertiary/aromatic N) is 3. The van der Waals surface area contributed by atoms with Gasteiger partial charge in [-0.25, -0.2) is 4.98 Å². The predicted octanol–water partition coefficient (Wildman–Crippen LogP) is 4.02. The molecule has 1 aromatic heterocycles. The molecular formula is C19H21BrN4O3. The van der Waals surface area contributed by atoms with Crippen molar-refractivity contribution in [2.45, 2.75) is 20.5 Å². The van der Waals surface area contributed by atoms with Crippen molar-refractivity contribution in [1.29, 1.82) is 5.26 Å². The number of nitriles is 1. The summed E-state index contributed by atoms with van der Waals surface area (Å²) < 4.78 is 16.9. The molecule has 0 saturated carbocycles. The molecule has 0 radical (unpaired) electrons. The Labute approximate surface area is 167 Å². The van der Waals surface area contributed by atoms with Crippen LogP contribution in [0, 0.1) is 18.3 Å². The van der Waals surface area contributed by atoms with Crippen LogP contribution >= 0.6 is 15.9 Å². The Morgan fingerprint density at radius 3 is 2.74 bits per heavy atom. The molecule has 0 unspecified atom stereocenters. The molecule has 2 aromatic rings. The number of ether oxygens (including phenoxy) is 3. The van der Waals surface area contributed by atoms with E-state index < -0.39 is 0 Å². The van der Waals surface area contributed by atoms with Crippen molar-refractivity contribution in [2.24, 2.45) is 5.10 Å². The zero-order chi connectivity index (χ0) is 19.8. The molecule has 0 bridgehead atoms. The lowest BCUT2D eigenvalue weighted by atomic mass is 10.1. The number of nitrogens with one attached hydrogen (secondary N) is 1. The van der Waals surface area contributed by atoms with E-state index in [9.17, 15) is 5.26 Å². The van der Waals surface area contributed by atoms with E-state index in [0.717, 1.165) is 21.3 Å². The van der Waals surface area contributed by atoms with Gasteiger partial charge in [-0.2, -0.15) is 10.4 Å². The van der Waals surface area contributed by atoms with Gasteiger partial charge in [-0.05, 0) is 53.5 Å². The second-order valence-corrected chi connectivity index (χ2v) is 6.38. The fraction of sp³-hybridized carbons (Fsp3) is 0.316. The van der Waals surface area contributed by atoms with Crippen molar-refractivity contribution < 1.29 is 14.2 Å². The highest BCUT2D eigenvalue weighted by Crippen LogP contribution is 2.36. The van der Waals surface area contributed by atoms with Crippen molar-refractivity contribution in [3.63, 3.8) is 0 Å². The maximum absolute atomic E-state index is 9.45. The van der Waals surface area contributed by atoms with Crippen molar-refractivity contribution in [1.82, 2.24) is 4.98 Å². The molecule has 0 atom stereocenters. The molecule has 27 heavy (non-hydrogen) atoms. The van der Waals surface area contributed by atoms with Gasteiger partial charge in [0.25, 0.3) is 0 Å². The van der Waals surface area contributed by atoms with Gasteiger partial charge in [0.2, 0.25) is 0 Å². The van der Waals surface area contributed by atoms with Crippen molar-refractivity contribution in [3.8, 4) is 17.6 Å². The first-order valence-electron chi connectivity index (χ1n) is 8.23. The Morgan fingerprint density at radius 2 is 2.11 bits per heavy atom. The molecule has 0 aliphatic heterocycles. The number of benzene rings is 1. The third kappa shape index (κ3) is 5.18. The molecule has 1 heterocycles. The van der Waals surface area contributed by atoms with Crippen LogP contribution in [0.5, 0.6) is 11.5 Å². The van der Waals surface area contributed by atoms with Gasteiger partial charge in [0.05, 0.1) is 31.0 Å². The summed E-state index contributed by atoms with van der Waals surface area (Å²) in [4.78, 5) is 4.35. The second kappa shape index (κ2) is 9.90. The van der Waals surface area contributed by atoms with Crippen LogP contribution < -0.4 is 14.9 Å². The van der Waals surface area contributed by atoms with Crippen LogP contribution in [0.3, 0.4) is 0 Å². The summed E-state index contributed by atoms with van der Waals surface area (Å²) in [6, 6.07) is 7.66. The summed E-state index contributed by atoms with van der Waals surface area (Å²) >= 11 is 3.47. The Bertz CT molecular complexity index is 878. The van der Waals surface area contributed by atoms with Crippen molar-refractivity contribution >= 4 is 28.0 Å². The van der Waals surface area contributed by atoms with Crippen LogP contribution in [-0.2, 0) is 11.3 Å². The minimum absolute atomic E-state index is 0.327. The number of hydrogen-bond donors (Lipinski definition) is 1. The monoisotopic (exact) mass is 432 g/mol. The average molecular weight is 433 g/mol. The normalized spacial score (nSPS) is 10.7. The largest absolute Gasteiger partial charge is 0.492 e. The topological polar surface area (TPSA) is 88.8 Å². The van der Waals surface area contributed by atoms with E-state index in [0.29, 0.717) is 36.1 Å². The maximum atomic E-state index is 9.45. The van der Waals surface area contributed by atoms with Gasteiger partial charge in [-0.1, -0.05) is 0 Å². The minimum Gasteiger partial charge on any atom is -0.492 e. The highest BCUT2D eigenvalue weighted by molar-refractivity contribution is 9.10. The summed E-state index contributed by atoms with van der Waals surface area (Å²) in [7, 11) is 3.17. The molecule has 0 aliphatic rings. The highest BCUT2D eigenvalue weighted by atomic mass is 79.9. The molecular weight excluding hydrogens is 412 g/mol. The van der Waals surface area contributed by atoms with E-state index in [1.165, 1.54) is 0 Å². The van der Waals surface area contributed by atoms with E-state index in [1.54, 1.807) is 20.4 Å². The molecule has 8 heteroatoms. The fourth-order valence-corrected chi connectivity index (χ4v) is 3.13. The van der Waals surface area contributed by atoms with Gasteiger partial charge < -0.3 is 14.2 Å². The highest BCUT2D eigenvalue weighted by Gasteiger charge is 2.12. The first-order chi connectivity index (χ1) is 13.0. The number of hydrazone groups is 1. The number of aryl methyl sites for hydroxylation is 1. The third-order valence-corrected chi connectivity index (χ3v) is 4.15. The molecule has 0 spiro atoms. The molecule has 1 N–H and O–H groups in total. The number of hydrogen-bond acceptors (Lipinski definition) is 7. The van der Waals surface area contributed by atoms with Crippen LogP contribution in [0.4, 0.5) is 5.82 Å². The zero-order valence-electron chi connectivity index (χ0n) is 15.7. The first kappa shape index (κ1) is 20.7. The minimum atomic E-state index is 0.327.